The Morgan fingerprint density at radius 2 is 1.22 bits per heavy atom. The van der Waals surface area contributed by atoms with E-state index in [1.807, 2.05) is 19.1 Å². The van der Waals surface area contributed by atoms with E-state index in [9.17, 15) is 5.11 Å². The zero-order valence-electron chi connectivity index (χ0n) is 19.1. The van der Waals surface area contributed by atoms with Gasteiger partial charge in [-0.2, -0.15) is 0 Å². The van der Waals surface area contributed by atoms with E-state index in [1.54, 1.807) is 0 Å². The Morgan fingerprint density at radius 3 is 1.78 bits per heavy atom. The van der Waals surface area contributed by atoms with E-state index in [1.165, 1.54) is 10.9 Å². The maximum atomic E-state index is 10.9. The Labute approximate surface area is 193 Å². The molecule has 0 radical (unpaired) electrons. The fourth-order valence-corrected chi connectivity index (χ4v) is 5.14. The third-order valence-corrected chi connectivity index (χ3v) is 6.95. The van der Waals surface area contributed by atoms with Crippen LogP contribution in [0.25, 0.3) is 0 Å². The van der Waals surface area contributed by atoms with Crippen LogP contribution in [-0.2, 0) is 5.41 Å². The van der Waals surface area contributed by atoms with Crippen LogP contribution in [0.5, 0.6) is 5.75 Å². The van der Waals surface area contributed by atoms with Crippen LogP contribution in [0.15, 0.2) is 97.1 Å². The van der Waals surface area contributed by atoms with Crippen molar-refractivity contribution in [1.29, 1.82) is 0 Å². The third kappa shape index (κ3) is 4.71. The second kappa shape index (κ2) is 9.18. The van der Waals surface area contributed by atoms with Crippen molar-refractivity contribution in [2.45, 2.75) is 33.1 Å². The van der Waals surface area contributed by atoms with E-state index in [0.717, 1.165) is 27.9 Å². The van der Waals surface area contributed by atoms with Crippen molar-refractivity contribution in [3.05, 3.63) is 108 Å². The molecule has 0 aliphatic rings. The number of hydrogen-bond donors (Lipinski definition) is 1. The fraction of sp³-hybridized carbons (Fsp3) is 0.172. The van der Waals surface area contributed by atoms with E-state index in [2.05, 4.69) is 111 Å². The minimum Gasteiger partial charge on any atom is -0.507 e. The van der Waals surface area contributed by atoms with E-state index >= 15 is 0 Å². The molecule has 0 spiro atoms. The summed E-state index contributed by atoms with van der Waals surface area (Å²) in [5.74, 6) is 0.400. The molecule has 4 aromatic carbocycles. The predicted molar refractivity (Wildman–Crippen MR) is 140 cm³/mol. The molecule has 0 fully saturated rings. The molecule has 0 saturated heterocycles. The van der Waals surface area contributed by atoms with Gasteiger partial charge in [0.05, 0.1) is 5.69 Å². The Kier molecular flexibility index (Phi) is 6.35. The molecule has 3 heteroatoms. The predicted octanol–water partition coefficient (Wildman–Crippen LogP) is 7.10. The lowest BCUT2D eigenvalue weighted by Crippen LogP contribution is -2.19. The number of hydrogen-bond acceptors (Lipinski definition) is 2. The van der Waals surface area contributed by atoms with Gasteiger partial charge in [0.15, 0.2) is 0 Å². The monoisotopic (exact) mass is 439 g/mol. The Balaban J connectivity index is 1.84. The highest BCUT2D eigenvalue weighted by Gasteiger charge is 2.20. The highest BCUT2D eigenvalue weighted by Crippen LogP contribution is 2.37. The summed E-state index contributed by atoms with van der Waals surface area (Å²) in [7, 11) is 0.337. The fourth-order valence-electron chi connectivity index (χ4n) is 3.81. The third-order valence-electron chi connectivity index (χ3n) is 5.61. The first-order chi connectivity index (χ1) is 15.3. The van der Waals surface area contributed by atoms with Crippen molar-refractivity contribution in [3.63, 3.8) is 0 Å². The average molecular weight is 440 g/mol. The van der Waals surface area contributed by atoms with Gasteiger partial charge in [-0.1, -0.05) is 90.0 Å². The average Bonchev–Trinajstić information content (AvgIpc) is 2.79. The molecule has 1 N–H and O–H groups in total. The lowest BCUT2D eigenvalue weighted by Gasteiger charge is -2.28. The van der Waals surface area contributed by atoms with E-state index < -0.39 is 0 Å². The minimum absolute atomic E-state index is 0.0251. The molecule has 1 atom stereocenters. The summed E-state index contributed by atoms with van der Waals surface area (Å²) in [6.07, 6.45) is 0. The van der Waals surface area contributed by atoms with Crippen molar-refractivity contribution >= 4 is 36.3 Å². The van der Waals surface area contributed by atoms with Gasteiger partial charge in [-0.15, -0.1) is 0 Å². The number of phenolic OH excluding ortho intramolecular Hbond substituents is 1. The molecule has 1 unspecified atom stereocenters. The molecule has 162 valence electrons. The molecule has 4 aromatic rings. The number of nitrogens with zero attached hydrogens (tertiary/aromatic N) is 1. The number of aryl methyl sites for hydroxylation is 1. The van der Waals surface area contributed by atoms with Gasteiger partial charge in [0.1, 0.15) is 5.75 Å². The van der Waals surface area contributed by atoms with Crippen LogP contribution in [0.2, 0.25) is 0 Å². The van der Waals surface area contributed by atoms with Gasteiger partial charge in [0.25, 0.3) is 0 Å². The zero-order valence-corrected chi connectivity index (χ0v) is 20.1. The highest BCUT2D eigenvalue weighted by atomic mass is 31.1. The molecule has 0 heterocycles. The summed E-state index contributed by atoms with van der Waals surface area (Å²) in [4.78, 5) is 2.29. The molecule has 4 rings (SSSR count). The van der Waals surface area contributed by atoms with Crippen LogP contribution < -0.4 is 15.5 Å². The van der Waals surface area contributed by atoms with Crippen LogP contribution in [0.3, 0.4) is 0 Å². The van der Waals surface area contributed by atoms with Gasteiger partial charge < -0.3 is 10.0 Å². The topological polar surface area (TPSA) is 23.5 Å². The van der Waals surface area contributed by atoms with Crippen molar-refractivity contribution in [1.82, 2.24) is 0 Å². The molecule has 2 nitrogen and oxygen atoms in total. The van der Waals surface area contributed by atoms with Crippen molar-refractivity contribution in [2.24, 2.45) is 0 Å². The summed E-state index contributed by atoms with van der Waals surface area (Å²) >= 11 is 0. The van der Waals surface area contributed by atoms with E-state index in [-0.39, 0.29) is 5.41 Å². The molecular weight excluding hydrogens is 409 g/mol. The van der Waals surface area contributed by atoms with Crippen LogP contribution in [0.4, 0.5) is 17.1 Å². The van der Waals surface area contributed by atoms with Crippen LogP contribution >= 0.6 is 8.58 Å². The Hall–Kier alpha value is -3.09. The minimum atomic E-state index is 0.0251. The summed E-state index contributed by atoms with van der Waals surface area (Å²) in [5, 5.41) is 13.1. The van der Waals surface area contributed by atoms with Crippen molar-refractivity contribution in [2.75, 3.05) is 4.90 Å². The second-order valence-electron chi connectivity index (χ2n) is 9.09. The van der Waals surface area contributed by atoms with Gasteiger partial charge in [-0.25, -0.2) is 0 Å². The van der Waals surface area contributed by atoms with Crippen molar-refractivity contribution < 1.29 is 5.11 Å². The first kappa shape index (κ1) is 22.1. The molecule has 0 amide bonds. The Bertz CT molecular complexity index is 1160. The molecule has 0 saturated carbocycles. The first-order valence-corrected chi connectivity index (χ1v) is 11.9. The van der Waals surface area contributed by atoms with Gasteiger partial charge in [-0.3, -0.25) is 0 Å². The number of para-hydroxylation sites is 3. The lowest BCUT2D eigenvalue weighted by molar-refractivity contribution is 0.474. The first-order valence-electron chi connectivity index (χ1n) is 10.9. The number of benzene rings is 4. The molecule has 0 bridgehead atoms. The van der Waals surface area contributed by atoms with Gasteiger partial charge in [0, 0.05) is 22.0 Å². The number of anilines is 3. The van der Waals surface area contributed by atoms with Crippen molar-refractivity contribution in [3.8, 4) is 5.75 Å². The normalized spacial score (nSPS) is 11.8. The number of aromatic hydroxyl groups is 1. The molecule has 0 aliphatic heterocycles. The largest absolute Gasteiger partial charge is 0.507 e. The molecule has 0 aromatic heterocycles. The summed E-state index contributed by atoms with van der Waals surface area (Å²) in [5.41, 5.74) is 5.55. The van der Waals surface area contributed by atoms with E-state index in [4.69, 9.17) is 0 Å². The summed E-state index contributed by atoms with van der Waals surface area (Å²) in [6, 6.07) is 33.7. The van der Waals surface area contributed by atoms with E-state index in [0.29, 0.717) is 14.3 Å². The zero-order chi connectivity index (χ0) is 22.7. The Morgan fingerprint density at radius 1 is 0.688 bits per heavy atom. The van der Waals surface area contributed by atoms with Gasteiger partial charge in [-0.05, 0) is 59.9 Å². The highest BCUT2D eigenvalue weighted by molar-refractivity contribution is 7.56. The summed E-state index contributed by atoms with van der Waals surface area (Å²) < 4.78 is 0. The SMILES string of the molecule is Cc1cc(C(C)(C)C)cc(Pc2ccccc2N(c2ccccc2)c2ccccc2)c1O. The second-order valence-corrected chi connectivity index (χ2v) is 10.4. The lowest BCUT2D eigenvalue weighted by atomic mass is 9.86. The maximum Gasteiger partial charge on any atom is 0.126 e. The smallest absolute Gasteiger partial charge is 0.126 e. The quantitative estimate of drug-likeness (QED) is 0.335. The maximum absolute atomic E-state index is 10.9. The molecule has 0 aliphatic carbocycles. The van der Waals surface area contributed by atoms with Crippen LogP contribution in [0.1, 0.15) is 31.9 Å². The standard InChI is InChI=1S/C29H30NOP/c1-21-19-22(29(2,3)4)20-27(28(21)31)32-26-18-12-11-17-25(26)30(23-13-7-5-8-14-23)24-15-9-6-10-16-24/h5-20,31-32H,1-4H3. The van der Waals surface area contributed by atoms with Crippen LogP contribution in [-0.4, -0.2) is 5.11 Å². The van der Waals surface area contributed by atoms with Gasteiger partial charge >= 0.3 is 0 Å². The molecule has 32 heavy (non-hydrogen) atoms. The summed E-state index contributed by atoms with van der Waals surface area (Å²) in [6.45, 7) is 8.63. The number of phenols is 1. The molecular formula is C29H30NOP. The number of rotatable bonds is 5. The van der Waals surface area contributed by atoms with Gasteiger partial charge in [0.2, 0.25) is 0 Å². The van der Waals surface area contributed by atoms with Crippen LogP contribution in [0, 0.1) is 6.92 Å².